The summed E-state index contributed by atoms with van der Waals surface area (Å²) in [5.74, 6) is 2.48. The lowest BCUT2D eigenvalue weighted by molar-refractivity contribution is -0.115. The van der Waals surface area contributed by atoms with Gasteiger partial charge in [-0.15, -0.1) is 6.42 Å². The molecule has 0 fully saturated rings. The molecular weight excluding hydrogens is 212 g/mol. The fourth-order valence-electron chi connectivity index (χ4n) is 1.19. The van der Waals surface area contributed by atoms with Gasteiger partial charge in [-0.1, -0.05) is 23.6 Å². The molecule has 1 rings (SSSR count). The molecule has 1 aromatic rings. The molecule has 0 aliphatic rings. The van der Waals surface area contributed by atoms with Crippen LogP contribution in [-0.4, -0.2) is 18.0 Å². The quantitative estimate of drug-likeness (QED) is 0.776. The lowest BCUT2D eigenvalue weighted by Crippen LogP contribution is -2.42. The topological polar surface area (TPSA) is 41.1 Å². The summed E-state index contributed by atoms with van der Waals surface area (Å²) >= 11 is 0. The standard InChI is InChI=1S/C14H18N2O/c1-5-14(3,4)15-10-13(17)16-12-8-6-11(2)7-9-12/h1,6-9,15H,10H2,2-4H3,(H,16,17). The van der Waals surface area contributed by atoms with Crippen LogP contribution in [0.3, 0.4) is 0 Å². The third-order valence-electron chi connectivity index (χ3n) is 2.39. The Labute approximate surface area is 103 Å². The molecule has 0 saturated heterocycles. The molecule has 0 atom stereocenters. The number of carbonyl (C=O) groups is 1. The maximum absolute atomic E-state index is 11.6. The van der Waals surface area contributed by atoms with E-state index >= 15 is 0 Å². The molecule has 0 radical (unpaired) electrons. The molecule has 2 N–H and O–H groups in total. The van der Waals surface area contributed by atoms with Crippen molar-refractivity contribution in [1.29, 1.82) is 0 Å². The van der Waals surface area contributed by atoms with Gasteiger partial charge in [0.1, 0.15) is 0 Å². The molecule has 0 aromatic heterocycles. The summed E-state index contributed by atoms with van der Waals surface area (Å²) in [6, 6.07) is 7.65. The number of carbonyl (C=O) groups excluding carboxylic acids is 1. The van der Waals surface area contributed by atoms with Crippen LogP contribution in [0.15, 0.2) is 24.3 Å². The van der Waals surface area contributed by atoms with E-state index < -0.39 is 5.54 Å². The fourth-order valence-corrected chi connectivity index (χ4v) is 1.19. The van der Waals surface area contributed by atoms with Crippen molar-refractivity contribution in [2.75, 3.05) is 11.9 Å². The smallest absolute Gasteiger partial charge is 0.238 e. The van der Waals surface area contributed by atoms with Crippen molar-refractivity contribution in [3.8, 4) is 12.3 Å². The molecule has 0 heterocycles. The Hall–Kier alpha value is -1.79. The van der Waals surface area contributed by atoms with Crippen molar-refractivity contribution in [2.24, 2.45) is 0 Å². The Morgan fingerprint density at radius 3 is 2.47 bits per heavy atom. The molecule has 3 nitrogen and oxygen atoms in total. The van der Waals surface area contributed by atoms with Gasteiger partial charge >= 0.3 is 0 Å². The predicted molar refractivity (Wildman–Crippen MR) is 70.7 cm³/mol. The zero-order valence-electron chi connectivity index (χ0n) is 10.5. The maximum atomic E-state index is 11.6. The van der Waals surface area contributed by atoms with Gasteiger partial charge in [0.2, 0.25) is 5.91 Å². The van der Waals surface area contributed by atoms with Crippen molar-refractivity contribution < 1.29 is 4.79 Å². The molecular formula is C14H18N2O. The Morgan fingerprint density at radius 1 is 1.35 bits per heavy atom. The first-order valence-electron chi connectivity index (χ1n) is 5.52. The average molecular weight is 230 g/mol. The summed E-state index contributed by atoms with van der Waals surface area (Å²) in [6.07, 6.45) is 5.32. The lowest BCUT2D eigenvalue weighted by Gasteiger charge is -2.19. The van der Waals surface area contributed by atoms with E-state index in [4.69, 9.17) is 6.42 Å². The third kappa shape index (κ3) is 4.71. The van der Waals surface area contributed by atoms with E-state index in [0.717, 1.165) is 11.3 Å². The van der Waals surface area contributed by atoms with Gasteiger partial charge in [0.25, 0.3) is 0 Å². The zero-order valence-corrected chi connectivity index (χ0v) is 10.5. The summed E-state index contributed by atoms with van der Waals surface area (Å²) < 4.78 is 0. The van der Waals surface area contributed by atoms with Crippen LogP contribution in [0.5, 0.6) is 0 Å². The minimum absolute atomic E-state index is 0.0998. The van der Waals surface area contributed by atoms with Gasteiger partial charge in [-0.05, 0) is 32.9 Å². The first-order valence-corrected chi connectivity index (χ1v) is 5.52. The summed E-state index contributed by atoms with van der Waals surface area (Å²) in [5.41, 5.74) is 1.49. The SMILES string of the molecule is C#CC(C)(C)NCC(=O)Nc1ccc(C)cc1. The number of hydrogen-bond donors (Lipinski definition) is 2. The Morgan fingerprint density at radius 2 is 1.94 bits per heavy atom. The van der Waals surface area contributed by atoms with E-state index in [1.165, 1.54) is 0 Å². The molecule has 1 amide bonds. The summed E-state index contributed by atoms with van der Waals surface area (Å²) in [7, 11) is 0. The van der Waals surface area contributed by atoms with E-state index in [-0.39, 0.29) is 12.5 Å². The molecule has 1 aromatic carbocycles. The number of hydrogen-bond acceptors (Lipinski definition) is 2. The summed E-state index contributed by atoms with van der Waals surface area (Å²) in [5, 5.41) is 5.79. The molecule has 0 aliphatic heterocycles. The first kappa shape index (κ1) is 13.3. The van der Waals surface area contributed by atoms with Crippen LogP contribution < -0.4 is 10.6 Å². The van der Waals surface area contributed by atoms with Crippen molar-refractivity contribution >= 4 is 11.6 Å². The highest BCUT2D eigenvalue weighted by Gasteiger charge is 2.14. The predicted octanol–water partition coefficient (Wildman–Crippen LogP) is 1.93. The van der Waals surface area contributed by atoms with Crippen LogP contribution in [0, 0.1) is 19.3 Å². The summed E-state index contributed by atoms with van der Waals surface area (Å²) in [6.45, 7) is 5.91. The largest absolute Gasteiger partial charge is 0.325 e. The van der Waals surface area contributed by atoms with Gasteiger partial charge in [0, 0.05) is 5.69 Å². The maximum Gasteiger partial charge on any atom is 0.238 e. The molecule has 0 bridgehead atoms. The minimum atomic E-state index is -0.468. The van der Waals surface area contributed by atoms with Crippen LogP contribution in [0.1, 0.15) is 19.4 Å². The number of aryl methyl sites for hydroxylation is 1. The number of nitrogens with one attached hydrogen (secondary N) is 2. The molecule has 90 valence electrons. The van der Waals surface area contributed by atoms with E-state index in [2.05, 4.69) is 16.6 Å². The highest BCUT2D eigenvalue weighted by molar-refractivity contribution is 5.92. The normalized spacial score (nSPS) is 10.7. The minimum Gasteiger partial charge on any atom is -0.325 e. The molecule has 3 heteroatoms. The van der Waals surface area contributed by atoms with Gasteiger partial charge in [0.05, 0.1) is 12.1 Å². The van der Waals surface area contributed by atoms with Gasteiger partial charge in [-0.25, -0.2) is 0 Å². The average Bonchev–Trinajstić information content (AvgIpc) is 2.30. The van der Waals surface area contributed by atoms with E-state index in [0.29, 0.717) is 0 Å². The second-order valence-corrected chi connectivity index (χ2v) is 4.54. The Bertz CT molecular complexity index is 427. The van der Waals surface area contributed by atoms with E-state index in [9.17, 15) is 4.79 Å². The molecule has 0 spiro atoms. The van der Waals surface area contributed by atoms with Crippen molar-refractivity contribution in [3.05, 3.63) is 29.8 Å². The van der Waals surface area contributed by atoms with Crippen molar-refractivity contribution in [3.63, 3.8) is 0 Å². The van der Waals surface area contributed by atoms with Crippen LogP contribution in [0.4, 0.5) is 5.69 Å². The van der Waals surface area contributed by atoms with Crippen molar-refractivity contribution in [2.45, 2.75) is 26.3 Å². The number of terminal acetylenes is 1. The van der Waals surface area contributed by atoms with Crippen molar-refractivity contribution in [1.82, 2.24) is 5.32 Å². The Kier molecular flexibility index (Phi) is 4.30. The highest BCUT2D eigenvalue weighted by atomic mass is 16.1. The van der Waals surface area contributed by atoms with E-state index in [1.54, 1.807) is 0 Å². The fraction of sp³-hybridized carbons (Fsp3) is 0.357. The monoisotopic (exact) mass is 230 g/mol. The second-order valence-electron chi connectivity index (χ2n) is 4.54. The molecule has 0 unspecified atom stereocenters. The lowest BCUT2D eigenvalue weighted by atomic mass is 10.1. The molecule has 0 aliphatic carbocycles. The number of amides is 1. The number of benzene rings is 1. The second kappa shape index (κ2) is 5.51. The van der Waals surface area contributed by atoms with Crippen LogP contribution in [0.25, 0.3) is 0 Å². The number of rotatable bonds is 4. The van der Waals surface area contributed by atoms with Crippen LogP contribution in [0.2, 0.25) is 0 Å². The van der Waals surface area contributed by atoms with E-state index in [1.807, 2.05) is 45.0 Å². The molecule has 0 saturated carbocycles. The Balaban J connectivity index is 2.46. The summed E-state index contributed by atoms with van der Waals surface area (Å²) in [4.78, 5) is 11.6. The van der Waals surface area contributed by atoms with Gasteiger partial charge in [-0.3, -0.25) is 10.1 Å². The highest BCUT2D eigenvalue weighted by Crippen LogP contribution is 2.08. The number of anilines is 1. The molecule has 17 heavy (non-hydrogen) atoms. The first-order chi connectivity index (χ1) is 7.93. The van der Waals surface area contributed by atoms with Gasteiger partial charge < -0.3 is 5.32 Å². The third-order valence-corrected chi connectivity index (χ3v) is 2.39. The van der Waals surface area contributed by atoms with Crippen LogP contribution >= 0.6 is 0 Å². The van der Waals surface area contributed by atoms with Crippen LogP contribution in [-0.2, 0) is 4.79 Å². The van der Waals surface area contributed by atoms with Gasteiger partial charge in [0.15, 0.2) is 0 Å². The van der Waals surface area contributed by atoms with Gasteiger partial charge in [-0.2, -0.15) is 0 Å². The zero-order chi connectivity index (χ0) is 12.9.